The van der Waals surface area contributed by atoms with Crippen LogP contribution < -0.4 is 5.56 Å². The zero-order chi connectivity index (χ0) is 17.7. The minimum atomic E-state index is -0.133. The molecule has 0 aliphatic rings. The van der Waals surface area contributed by atoms with E-state index in [2.05, 4.69) is 51.1 Å². The Balaban J connectivity index is 1.95. The Hall–Kier alpha value is -2.73. The Bertz CT molecular complexity index is 1130. The van der Waals surface area contributed by atoms with Gasteiger partial charge in [0.25, 0.3) is 5.56 Å². The molecule has 126 valence electrons. The van der Waals surface area contributed by atoms with Gasteiger partial charge in [0.05, 0.1) is 11.1 Å². The highest BCUT2D eigenvalue weighted by Gasteiger charge is 2.18. The molecule has 0 atom stereocenters. The summed E-state index contributed by atoms with van der Waals surface area (Å²) in [6, 6.07) is 8.22. The Labute approximate surface area is 148 Å². The number of nitrogens with zero attached hydrogens (tertiary/aromatic N) is 2. The number of imidazole rings is 1. The topological polar surface area (TPSA) is 74.4 Å². The summed E-state index contributed by atoms with van der Waals surface area (Å²) in [5, 5.41) is 0.648. The standard InChI is InChI=1S/C19H18N4OS/c1-9-5-7-13(8-6-9)14-12(4)25-19-15(14)18(24)22-17(23-19)16-20-10(2)11(3)21-16/h5-8H,1-4H3,(H,20,21)(H,22,23,24). The second kappa shape index (κ2) is 5.67. The van der Waals surface area contributed by atoms with Gasteiger partial charge >= 0.3 is 0 Å². The molecule has 0 unspecified atom stereocenters. The maximum absolute atomic E-state index is 12.8. The van der Waals surface area contributed by atoms with Gasteiger partial charge < -0.3 is 9.97 Å². The summed E-state index contributed by atoms with van der Waals surface area (Å²) in [4.78, 5) is 29.8. The van der Waals surface area contributed by atoms with Crippen molar-refractivity contribution >= 4 is 21.6 Å². The van der Waals surface area contributed by atoms with Crippen molar-refractivity contribution in [3.05, 3.63) is 56.4 Å². The first-order valence-corrected chi connectivity index (χ1v) is 8.89. The molecule has 1 aromatic carbocycles. The monoisotopic (exact) mass is 350 g/mol. The van der Waals surface area contributed by atoms with Crippen molar-refractivity contribution in [3.63, 3.8) is 0 Å². The number of fused-ring (bicyclic) bond motifs is 1. The molecular formula is C19H18N4OS. The molecule has 3 aromatic heterocycles. The van der Waals surface area contributed by atoms with E-state index in [1.54, 1.807) is 0 Å². The number of H-pyrrole nitrogens is 2. The molecule has 0 aliphatic carbocycles. The molecule has 6 heteroatoms. The number of hydrogen-bond acceptors (Lipinski definition) is 4. The average molecular weight is 350 g/mol. The Morgan fingerprint density at radius 2 is 1.60 bits per heavy atom. The van der Waals surface area contributed by atoms with Crippen molar-refractivity contribution in [1.29, 1.82) is 0 Å². The van der Waals surface area contributed by atoms with Gasteiger partial charge in [0.2, 0.25) is 0 Å². The van der Waals surface area contributed by atoms with Crippen molar-refractivity contribution in [2.45, 2.75) is 27.7 Å². The van der Waals surface area contributed by atoms with Gasteiger partial charge in [0.15, 0.2) is 11.6 Å². The first kappa shape index (κ1) is 15.8. The van der Waals surface area contributed by atoms with E-state index < -0.39 is 0 Å². The lowest BCUT2D eigenvalue weighted by atomic mass is 10.0. The first-order chi connectivity index (χ1) is 11.9. The Kier molecular flexibility index (Phi) is 3.58. The van der Waals surface area contributed by atoms with Crippen molar-refractivity contribution < 1.29 is 0 Å². The predicted molar refractivity (Wildman–Crippen MR) is 102 cm³/mol. The average Bonchev–Trinajstić information content (AvgIpc) is 3.08. The number of aryl methyl sites for hydroxylation is 4. The van der Waals surface area contributed by atoms with Gasteiger partial charge in [0, 0.05) is 16.1 Å². The second-order valence-corrected chi connectivity index (χ2v) is 7.49. The van der Waals surface area contributed by atoms with E-state index in [-0.39, 0.29) is 5.56 Å². The third kappa shape index (κ3) is 2.59. The van der Waals surface area contributed by atoms with Crippen LogP contribution in [0.5, 0.6) is 0 Å². The molecule has 0 bridgehead atoms. The Morgan fingerprint density at radius 1 is 0.920 bits per heavy atom. The van der Waals surface area contributed by atoms with Gasteiger partial charge in [-0.25, -0.2) is 9.97 Å². The fourth-order valence-electron chi connectivity index (χ4n) is 2.96. The lowest BCUT2D eigenvalue weighted by Gasteiger charge is -2.03. The summed E-state index contributed by atoms with van der Waals surface area (Å²) in [7, 11) is 0. The number of aromatic nitrogens is 4. The van der Waals surface area contributed by atoms with Crippen LogP contribution in [0.1, 0.15) is 21.8 Å². The van der Waals surface area contributed by atoms with Crippen molar-refractivity contribution in [3.8, 4) is 22.8 Å². The summed E-state index contributed by atoms with van der Waals surface area (Å²) in [6.07, 6.45) is 0. The van der Waals surface area contributed by atoms with Crippen LogP contribution in [0.15, 0.2) is 29.1 Å². The SMILES string of the molecule is Cc1ccc(-c2c(C)sc3nc(-c4nc(C)c(C)[nH]4)[nH]c(=O)c23)cc1. The summed E-state index contributed by atoms with van der Waals surface area (Å²) in [5.41, 5.74) is 4.94. The molecule has 4 rings (SSSR count). The van der Waals surface area contributed by atoms with E-state index in [9.17, 15) is 4.79 Å². The van der Waals surface area contributed by atoms with Crippen molar-refractivity contribution in [1.82, 2.24) is 19.9 Å². The summed E-state index contributed by atoms with van der Waals surface area (Å²) < 4.78 is 0. The number of aromatic amines is 2. The fraction of sp³-hybridized carbons (Fsp3) is 0.211. The molecule has 0 saturated carbocycles. The Morgan fingerprint density at radius 3 is 2.24 bits per heavy atom. The minimum Gasteiger partial charge on any atom is -0.339 e. The fourth-order valence-corrected chi connectivity index (χ4v) is 4.00. The molecule has 0 radical (unpaired) electrons. The molecule has 5 nitrogen and oxygen atoms in total. The second-order valence-electron chi connectivity index (χ2n) is 6.29. The van der Waals surface area contributed by atoms with E-state index >= 15 is 0 Å². The minimum absolute atomic E-state index is 0.133. The lowest BCUT2D eigenvalue weighted by Crippen LogP contribution is -2.09. The number of nitrogens with one attached hydrogen (secondary N) is 2. The highest BCUT2D eigenvalue weighted by molar-refractivity contribution is 7.19. The molecule has 2 N–H and O–H groups in total. The zero-order valence-corrected chi connectivity index (χ0v) is 15.3. The summed E-state index contributed by atoms with van der Waals surface area (Å²) in [5.74, 6) is 1.07. The number of benzene rings is 1. The van der Waals surface area contributed by atoms with Crippen LogP contribution in [0.2, 0.25) is 0 Å². The van der Waals surface area contributed by atoms with Crippen LogP contribution in [-0.4, -0.2) is 19.9 Å². The zero-order valence-electron chi connectivity index (χ0n) is 14.5. The molecular weight excluding hydrogens is 332 g/mol. The molecule has 0 aliphatic heterocycles. The number of thiophene rings is 1. The van der Waals surface area contributed by atoms with E-state index in [1.165, 1.54) is 16.9 Å². The summed E-state index contributed by atoms with van der Waals surface area (Å²) in [6.45, 7) is 7.96. The van der Waals surface area contributed by atoms with E-state index in [1.807, 2.05) is 20.8 Å². The largest absolute Gasteiger partial charge is 0.339 e. The third-order valence-corrected chi connectivity index (χ3v) is 5.43. The van der Waals surface area contributed by atoms with Crippen LogP contribution in [0.4, 0.5) is 0 Å². The molecule has 4 aromatic rings. The molecule has 0 spiro atoms. The molecule has 25 heavy (non-hydrogen) atoms. The van der Waals surface area contributed by atoms with Gasteiger partial charge in [-0.3, -0.25) is 4.79 Å². The maximum Gasteiger partial charge on any atom is 0.260 e. The van der Waals surface area contributed by atoms with Gasteiger partial charge in [0.1, 0.15) is 4.83 Å². The van der Waals surface area contributed by atoms with E-state index in [0.717, 1.165) is 32.2 Å². The van der Waals surface area contributed by atoms with Gasteiger partial charge in [-0.15, -0.1) is 11.3 Å². The number of rotatable bonds is 2. The highest BCUT2D eigenvalue weighted by Crippen LogP contribution is 2.36. The molecule has 3 heterocycles. The van der Waals surface area contributed by atoms with Crippen molar-refractivity contribution in [2.24, 2.45) is 0 Å². The number of hydrogen-bond donors (Lipinski definition) is 2. The predicted octanol–water partition coefficient (Wildman–Crippen LogP) is 4.28. The summed E-state index contributed by atoms with van der Waals surface area (Å²) >= 11 is 1.54. The smallest absolute Gasteiger partial charge is 0.260 e. The quantitative estimate of drug-likeness (QED) is 0.567. The highest BCUT2D eigenvalue weighted by atomic mass is 32.1. The molecule has 0 saturated heterocycles. The van der Waals surface area contributed by atoms with Crippen LogP contribution in [0.25, 0.3) is 33.0 Å². The van der Waals surface area contributed by atoms with Gasteiger partial charge in [-0.05, 0) is 33.3 Å². The first-order valence-electron chi connectivity index (χ1n) is 8.08. The van der Waals surface area contributed by atoms with Crippen LogP contribution in [0.3, 0.4) is 0 Å². The normalized spacial score (nSPS) is 11.4. The van der Waals surface area contributed by atoms with Gasteiger partial charge in [-0.1, -0.05) is 29.8 Å². The lowest BCUT2D eigenvalue weighted by molar-refractivity contribution is 1.12. The van der Waals surface area contributed by atoms with Crippen molar-refractivity contribution in [2.75, 3.05) is 0 Å². The van der Waals surface area contributed by atoms with Crippen LogP contribution >= 0.6 is 11.3 Å². The van der Waals surface area contributed by atoms with Gasteiger partial charge in [-0.2, -0.15) is 0 Å². The van der Waals surface area contributed by atoms with E-state index in [0.29, 0.717) is 17.0 Å². The maximum atomic E-state index is 12.8. The third-order valence-electron chi connectivity index (χ3n) is 4.43. The van der Waals surface area contributed by atoms with E-state index in [4.69, 9.17) is 0 Å². The molecule has 0 amide bonds. The van der Waals surface area contributed by atoms with Crippen LogP contribution in [0, 0.1) is 27.7 Å². The van der Waals surface area contributed by atoms with Crippen LogP contribution in [-0.2, 0) is 0 Å². The molecule has 0 fully saturated rings.